The number of hydrogen-bond donors (Lipinski definition) is 0. The van der Waals surface area contributed by atoms with Crippen LogP contribution >= 0.6 is 0 Å². The van der Waals surface area contributed by atoms with E-state index in [2.05, 4.69) is 29.2 Å². The summed E-state index contributed by atoms with van der Waals surface area (Å²) in [6, 6.07) is 30.2. The minimum Gasteiger partial charge on any atom is -0.447 e. The van der Waals surface area contributed by atoms with E-state index in [-0.39, 0.29) is 30.4 Å². The Kier molecular flexibility index (Phi) is 8.32. The van der Waals surface area contributed by atoms with Crippen LogP contribution < -0.4 is 0 Å². The molecule has 0 aromatic heterocycles. The number of carbonyl (C=O) groups excluding carboxylic acids is 2. The van der Waals surface area contributed by atoms with E-state index in [4.69, 9.17) is 4.74 Å². The van der Waals surface area contributed by atoms with Crippen LogP contribution in [0.1, 0.15) is 36.5 Å². The van der Waals surface area contributed by atoms with Crippen molar-refractivity contribution in [1.29, 1.82) is 0 Å². The smallest absolute Gasteiger partial charge is 0.416 e. The summed E-state index contributed by atoms with van der Waals surface area (Å²) < 4.78 is 5.35. The number of carbonyl (C=O) groups is 2. The lowest BCUT2D eigenvalue weighted by Crippen LogP contribution is -2.45. The Morgan fingerprint density at radius 2 is 1.40 bits per heavy atom. The van der Waals surface area contributed by atoms with Crippen LogP contribution in [0.25, 0.3) is 0 Å². The molecule has 2 fully saturated rings. The number of ether oxygens (including phenoxy) is 1. The second-order valence-corrected chi connectivity index (χ2v) is 8.93. The van der Waals surface area contributed by atoms with E-state index in [0.29, 0.717) is 13.0 Å². The molecule has 2 amide bonds. The quantitative estimate of drug-likeness (QED) is 0.476. The highest BCUT2D eigenvalue weighted by Crippen LogP contribution is 2.36. The topological polar surface area (TPSA) is 49.9 Å². The van der Waals surface area contributed by atoms with Gasteiger partial charge in [0.15, 0.2) is 0 Å². The van der Waals surface area contributed by atoms with E-state index in [1.165, 1.54) is 10.5 Å². The lowest BCUT2D eigenvalue weighted by Gasteiger charge is -2.26. The first-order valence-corrected chi connectivity index (χ1v) is 12.5. The summed E-state index contributed by atoms with van der Waals surface area (Å²) in [4.78, 5) is 30.2. The zero-order valence-corrected chi connectivity index (χ0v) is 20.5. The van der Waals surface area contributed by atoms with Gasteiger partial charge in [0.1, 0.15) is 6.61 Å². The molecule has 35 heavy (non-hydrogen) atoms. The molecular formula is C30H34N2O3. The molecule has 5 nitrogen and oxygen atoms in total. The molecule has 0 radical (unpaired) electrons. The molecular weight excluding hydrogens is 436 g/mol. The van der Waals surface area contributed by atoms with Gasteiger partial charge >= 0.3 is 6.09 Å². The number of nitrogens with zero attached hydrogens (tertiary/aromatic N) is 2. The fraction of sp³-hybridized carbons (Fsp3) is 0.333. The summed E-state index contributed by atoms with van der Waals surface area (Å²) in [5.74, 6) is -0.379. The van der Waals surface area contributed by atoms with Crippen LogP contribution in [0.5, 0.6) is 0 Å². The van der Waals surface area contributed by atoms with Gasteiger partial charge in [-0.2, -0.15) is 0 Å². The van der Waals surface area contributed by atoms with Crippen LogP contribution in [-0.4, -0.2) is 47.5 Å². The third kappa shape index (κ3) is 5.80. The van der Waals surface area contributed by atoms with E-state index < -0.39 is 6.09 Å². The predicted molar refractivity (Wildman–Crippen MR) is 138 cm³/mol. The molecule has 0 saturated carbocycles. The molecule has 5 heteroatoms. The van der Waals surface area contributed by atoms with Gasteiger partial charge in [-0.1, -0.05) is 105 Å². The number of likely N-dealkylation sites (tertiary alicyclic amines) is 1. The molecule has 182 valence electrons. The Morgan fingerprint density at radius 1 is 0.829 bits per heavy atom. The summed E-state index contributed by atoms with van der Waals surface area (Å²) in [5.41, 5.74) is 3.45. The SMILES string of the molecule is CC.O=C1OC[C@H](Cc2ccccc2)N1C(=O)[C@@H]1CN(Cc2ccccc2)C[C@H]1c1ccccc1. The number of amides is 2. The van der Waals surface area contributed by atoms with Crippen molar-refractivity contribution in [2.45, 2.75) is 38.8 Å². The Labute approximate surface area is 208 Å². The maximum Gasteiger partial charge on any atom is 0.416 e. The summed E-state index contributed by atoms with van der Waals surface area (Å²) in [7, 11) is 0. The minimum atomic E-state index is -0.519. The largest absolute Gasteiger partial charge is 0.447 e. The second-order valence-electron chi connectivity index (χ2n) is 8.93. The Morgan fingerprint density at radius 3 is 2.03 bits per heavy atom. The number of rotatable bonds is 6. The van der Waals surface area contributed by atoms with E-state index in [1.54, 1.807) is 0 Å². The highest BCUT2D eigenvalue weighted by atomic mass is 16.6. The van der Waals surface area contributed by atoms with Crippen molar-refractivity contribution in [3.8, 4) is 0 Å². The summed E-state index contributed by atoms with van der Waals surface area (Å²) in [6.45, 7) is 6.43. The van der Waals surface area contributed by atoms with Crippen molar-refractivity contribution in [2.75, 3.05) is 19.7 Å². The van der Waals surface area contributed by atoms with Crippen molar-refractivity contribution >= 4 is 12.0 Å². The van der Waals surface area contributed by atoms with E-state index >= 15 is 0 Å². The normalized spacial score (nSPS) is 21.8. The lowest BCUT2D eigenvalue weighted by molar-refractivity contribution is -0.133. The average molecular weight is 471 g/mol. The van der Waals surface area contributed by atoms with Crippen LogP contribution in [0, 0.1) is 5.92 Å². The average Bonchev–Trinajstić information content (AvgIpc) is 3.50. The number of cyclic esters (lactones) is 1. The Balaban J connectivity index is 0.00000141. The number of imide groups is 1. The first kappa shape index (κ1) is 24.7. The zero-order chi connectivity index (χ0) is 24.6. The number of hydrogen-bond acceptors (Lipinski definition) is 4. The fourth-order valence-electron chi connectivity index (χ4n) is 5.09. The zero-order valence-electron chi connectivity index (χ0n) is 20.5. The van der Waals surface area contributed by atoms with Crippen molar-refractivity contribution in [3.63, 3.8) is 0 Å². The minimum absolute atomic E-state index is 0.0354. The Bertz CT molecular complexity index is 1090. The van der Waals surface area contributed by atoms with Gasteiger partial charge in [-0.25, -0.2) is 9.69 Å². The van der Waals surface area contributed by atoms with Gasteiger partial charge in [-0.15, -0.1) is 0 Å². The van der Waals surface area contributed by atoms with Crippen LogP contribution in [0.15, 0.2) is 91.0 Å². The van der Waals surface area contributed by atoms with Crippen LogP contribution in [0.4, 0.5) is 4.79 Å². The molecule has 3 aromatic carbocycles. The third-order valence-electron chi connectivity index (χ3n) is 6.70. The van der Waals surface area contributed by atoms with E-state index in [9.17, 15) is 9.59 Å². The first-order chi connectivity index (χ1) is 17.2. The molecule has 2 aliphatic heterocycles. The van der Waals surface area contributed by atoms with Gasteiger partial charge in [-0.3, -0.25) is 9.69 Å². The van der Waals surface area contributed by atoms with Gasteiger partial charge in [0, 0.05) is 25.6 Å². The van der Waals surface area contributed by atoms with Crippen molar-refractivity contribution in [3.05, 3.63) is 108 Å². The van der Waals surface area contributed by atoms with Gasteiger partial charge in [-0.05, 0) is 23.1 Å². The van der Waals surface area contributed by atoms with Crippen LogP contribution in [0.2, 0.25) is 0 Å². The second kappa shape index (κ2) is 11.8. The number of benzene rings is 3. The van der Waals surface area contributed by atoms with Crippen LogP contribution in [-0.2, 0) is 22.5 Å². The summed E-state index contributed by atoms with van der Waals surface area (Å²) in [5, 5.41) is 0. The molecule has 0 spiro atoms. The molecule has 0 aliphatic carbocycles. The molecule has 2 saturated heterocycles. The molecule has 0 bridgehead atoms. The molecule has 0 unspecified atom stereocenters. The molecule has 2 heterocycles. The van der Waals surface area contributed by atoms with E-state index in [1.807, 2.05) is 80.6 Å². The maximum absolute atomic E-state index is 13.8. The summed E-state index contributed by atoms with van der Waals surface area (Å²) >= 11 is 0. The molecule has 5 rings (SSSR count). The third-order valence-corrected chi connectivity index (χ3v) is 6.70. The fourth-order valence-corrected chi connectivity index (χ4v) is 5.09. The van der Waals surface area contributed by atoms with Gasteiger partial charge in [0.25, 0.3) is 0 Å². The van der Waals surface area contributed by atoms with Crippen molar-refractivity contribution < 1.29 is 14.3 Å². The predicted octanol–water partition coefficient (Wildman–Crippen LogP) is 5.52. The molecule has 2 aliphatic rings. The van der Waals surface area contributed by atoms with Gasteiger partial charge < -0.3 is 4.74 Å². The lowest BCUT2D eigenvalue weighted by atomic mass is 9.87. The standard InChI is InChI=1S/C28H28N2O3.C2H6/c31-27(30-24(20-33-28(30)32)16-21-10-4-1-5-11-21)26-19-29(17-22-12-6-2-7-13-22)18-25(26)23-14-8-3-9-15-23;1-2/h1-15,24-26H,16-20H2;1-2H3/t24-,25-,26+;/m0./s1. The summed E-state index contributed by atoms with van der Waals surface area (Å²) in [6.07, 6.45) is 0.0867. The van der Waals surface area contributed by atoms with Gasteiger partial charge in [0.05, 0.1) is 12.0 Å². The highest BCUT2D eigenvalue weighted by molar-refractivity contribution is 5.95. The van der Waals surface area contributed by atoms with Gasteiger partial charge in [0.2, 0.25) is 5.91 Å². The maximum atomic E-state index is 13.8. The first-order valence-electron chi connectivity index (χ1n) is 12.5. The van der Waals surface area contributed by atoms with Crippen molar-refractivity contribution in [2.24, 2.45) is 5.92 Å². The monoisotopic (exact) mass is 470 g/mol. The highest BCUT2D eigenvalue weighted by Gasteiger charge is 2.46. The van der Waals surface area contributed by atoms with Crippen molar-refractivity contribution in [1.82, 2.24) is 9.80 Å². The van der Waals surface area contributed by atoms with E-state index in [0.717, 1.165) is 24.2 Å². The molecule has 0 N–H and O–H groups in total. The molecule has 3 aromatic rings. The Hall–Kier alpha value is -3.44. The van der Waals surface area contributed by atoms with Crippen LogP contribution in [0.3, 0.4) is 0 Å². The molecule has 3 atom stereocenters.